The molecule has 1 atom stereocenters. The van der Waals surface area contributed by atoms with E-state index in [0.29, 0.717) is 18.6 Å². The van der Waals surface area contributed by atoms with Crippen molar-refractivity contribution in [3.05, 3.63) is 41.5 Å². The standard InChI is InChI=1S/C25H32O7/c1-31-22-11-16(6-8-20(22)28)5-7-18(26)14-19(27)15-25(9-3-4-10-25)17-12-21(29)24(30)23(13-17)32-2/h6,8,11-13,18,26,28-30H,3-5,7,9-10,14-15H2,1-2H3. The van der Waals surface area contributed by atoms with Crippen molar-refractivity contribution in [2.75, 3.05) is 14.2 Å². The van der Waals surface area contributed by atoms with E-state index >= 15 is 0 Å². The van der Waals surface area contributed by atoms with Gasteiger partial charge in [0.15, 0.2) is 23.0 Å². The minimum atomic E-state index is -0.775. The van der Waals surface area contributed by atoms with Gasteiger partial charge in [-0.15, -0.1) is 0 Å². The fourth-order valence-corrected chi connectivity index (χ4v) is 4.70. The molecule has 1 saturated carbocycles. The summed E-state index contributed by atoms with van der Waals surface area (Å²) in [6.07, 6.45) is 4.07. The van der Waals surface area contributed by atoms with Crippen LogP contribution in [0.15, 0.2) is 30.3 Å². The smallest absolute Gasteiger partial charge is 0.200 e. The summed E-state index contributed by atoms with van der Waals surface area (Å²) in [5.41, 5.74) is 1.26. The maximum atomic E-state index is 12.9. The van der Waals surface area contributed by atoms with Gasteiger partial charge in [-0.1, -0.05) is 18.9 Å². The average molecular weight is 445 g/mol. The van der Waals surface area contributed by atoms with Gasteiger partial charge in [-0.05, 0) is 61.1 Å². The largest absolute Gasteiger partial charge is 0.504 e. The number of benzene rings is 2. The molecule has 1 fully saturated rings. The van der Waals surface area contributed by atoms with E-state index in [0.717, 1.165) is 36.8 Å². The molecular weight excluding hydrogens is 412 g/mol. The van der Waals surface area contributed by atoms with Gasteiger partial charge in [-0.2, -0.15) is 0 Å². The molecule has 174 valence electrons. The lowest BCUT2D eigenvalue weighted by Crippen LogP contribution is -2.28. The number of aryl methyl sites for hydroxylation is 1. The number of hydrogen-bond acceptors (Lipinski definition) is 7. The number of aliphatic hydroxyl groups excluding tert-OH is 1. The maximum absolute atomic E-state index is 12.9. The van der Waals surface area contributed by atoms with Crippen LogP contribution in [0.25, 0.3) is 0 Å². The lowest BCUT2D eigenvalue weighted by atomic mass is 9.74. The average Bonchev–Trinajstić information content (AvgIpc) is 3.24. The van der Waals surface area contributed by atoms with Crippen molar-refractivity contribution < 1.29 is 34.7 Å². The number of methoxy groups -OCH3 is 2. The third kappa shape index (κ3) is 5.27. The molecule has 0 amide bonds. The zero-order valence-electron chi connectivity index (χ0n) is 18.6. The van der Waals surface area contributed by atoms with Crippen LogP contribution in [0.1, 0.15) is 56.1 Å². The van der Waals surface area contributed by atoms with Gasteiger partial charge in [0, 0.05) is 18.3 Å². The molecule has 3 rings (SSSR count). The first-order chi connectivity index (χ1) is 15.3. The first-order valence-corrected chi connectivity index (χ1v) is 10.9. The molecule has 0 radical (unpaired) electrons. The van der Waals surface area contributed by atoms with Crippen molar-refractivity contribution in [3.63, 3.8) is 0 Å². The molecule has 1 aliphatic carbocycles. The van der Waals surface area contributed by atoms with Gasteiger partial charge < -0.3 is 29.9 Å². The highest BCUT2D eigenvalue weighted by molar-refractivity contribution is 5.80. The molecule has 0 bridgehead atoms. The second-order valence-electron chi connectivity index (χ2n) is 8.65. The Bertz CT molecular complexity index is 948. The van der Waals surface area contributed by atoms with Gasteiger partial charge in [0.25, 0.3) is 0 Å². The van der Waals surface area contributed by atoms with Crippen LogP contribution in [0.4, 0.5) is 0 Å². The van der Waals surface area contributed by atoms with Gasteiger partial charge in [0.05, 0.1) is 20.3 Å². The van der Waals surface area contributed by atoms with Crippen molar-refractivity contribution in [2.24, 2.45) is 0 Å². The Kier molecular flexibility index (Phi) is 7.51. The van der Waals surface area contributed by atoms with E-state index in [1.807, 2.05) is 0 Å². The highest BCUT2D eigenvalue weighted by Gasteiger charge is 2.38. The SMILES string of the molecule is COc1cc(CCC(O)CC(=O)CC2(c3cc(O)c(O)c(OC)c3)CCCC2)ccc1O. The molecule has 2 aromatic carbocycles. The van der Waals surface area contributed by atoms with Crippen molar-refractivity contribution in [1.29, 1.82) is 0 Å². The highest BCUT2D eigenvalue weighted by Crippen LogP contribution is 2.48. The monoisotopic (exact) mass is 444 g/mol. The lowest BCUT2D eigenvalue weighted by molar-refractivity contribution is -0.122. The Morgan fingerprint density at radius 1 is 1.00 bits per heavy atom. The van der Waals surface area contributed by atoms with Crippen LogP contribution < -0.4 is 9.47 Å². The highest BCUT2D eigenvalue weighted by atomic mass is 16.5. The molecule has 0 aliphatic heterocycles. The van der Waals surface area contributed by atoms with E-state index in [-0.39, 0.29) is 41.6 Å². The van der Waals surface area contributed by atoms with Gasteiger partial charge >= 0.3 is 0 Å². The minimum absolute atomic E-state index is 0.0331. The van der Waals surface area contributed by atoms with Crippen LogP contribution in [-0.2, 0) is 16.6 Å². The summed E-state index contributed by atoms with van der Waals surface area (Å²) < 4.78 is 10.3. The molecule has 1 unspecified atom stereocenters. The Labute approximate surface area is 188 Å². The summed E-state index contributed by atoms with van der Waals surface area (Å²) in [5, 5.41) is 40.2. The molecule has 0 saturated heterocycles. The van der Waals surface area contributed by atoms with Crippen molar-refractivity contribution in [1.82, 2.24) is 0 Å². The number of aliphatic hydroxyl groups is 1. The Hall–Kier alpha value is -2.93. The number of aromatic hydroxyl groups is 3. The van der Waals surface area contributed by atoms with Gasteiger partial charge in [0.1, 0.15) is 5.78 Å². The van der Waals surface area contributed by atoms with E-state index in [9.17, 15) is 25.2 Å². The minimum Gasteiger partial charge on any atom is -0.504 e. The van der Waals surface area contributed by atoms with Crippen LogP contribution in [0.3, 0.4) is 0 Å². The summed E-state index contributed by atoms with van der Waals surface area (Å²) >= 11 is 0. The molecule has 0 spiro atoms. The third-order valence-electron chi connectivity index (χ3n) is 6.46. The summed E-state index contributed by atoms with van der Waals surface area (Å²) in [6, 6.07) is 8.26. The first kappa shape index (κ1) is 23.7. The van der Waals surface area contributed by atoms with Crippen LogP contribution in [-0.4, -0.2) is 46.5 Å². The van der Waals surface area contributed by atoms with Crippen molar-refractivity contribution in [3.8, 4) is 28.7 Å². The fraction of sp³-hybridized carbons (Fsp3) is 0.480. The molecular formula is C25H32O7. The second kappa shape index (κ2) is 10.1. The predicted molar refractivity (Wildman–Crippen MR) is 120 cm³/mol. The second-order valence-corrected chi connectivity index (χ2v) is 8.65. The van der Waals surface area contributed by atoms with Crippen LogP contribution >= 0.6 is 0 Å². The van der Waals surface area contributed by atoms with Gasteiger partial charge in [-0.25, -0.2) is 0 Å². The van der Waals surface area contributed by atoms with E-state index < -0.39 is 11.5 Å². The van der Waals surface area contributed by atoms with Crippen LogP contribution in [0.2, 0.25) is 0 Å². The van der Waals surface area contributed by atoms with Crippen molar-refractivity contribution >= 4 is 5.78 Å². The summed E-state index contributed by atoms with van der Waals surface area (Å²) in [6.45, 7) is 0. The maximum Gasteiger partial charge on any atom is 0.200 e. The van der Waals surface area contributed by atoms with Gasteiger partial charge in [-0.3, -0.25) is 4.79 Å². The summed E-state index contributed by atoms with van der Waals surface area (Å²) in [5.74, 6) is 0.0197. The topological polar surface area (TPSA) is 116 Å². The molecule has 7 heteroatoms. The molecule has 32 heavy (non-hydrogen) atoms. The van der Waals surface area contributed by atoms with E-state index in [1.165, 1.54) is 20.3 Å². The van der Waals surface area contributed by atoms with Crippen LogP contribution in [0, 0.1) is 0 Å². The Morgan fingerprint density at radius 3 is 2.34 bits per heavy atom. The Balaban J connectivity index is 1.65. The summed E-state index contributed by atoms with van der Waals surface area (Å²) in [4.78, 5) is 12.9. The molecule has 0 heterocycles. The third-order valence-corrected chi connectivity index (χ3v) is 6.46. The fourth-order valence-electron chi connectivity index (χ4n) is 4.70. The number of Topliss-reactive ketones (excluding diaryl/α,β-unsaturated/α-hetero) is 1. The van der Waals surface area contributed by atoms with E-state index in [2.05, 4.69) is 0 Å². The predicted octanol–water partition coefficient (Wildman–Crippen LogP) is 3.98. The number of carbonyl (C=O) groups excluding carboxylic acids is 1. The number of phenolic OH excluding ortho intramolecular Hbond substituents is 3. The zero-order chi connectivity index (χ0) is 23.3. The number of hydrogen-bond donors (Lipinski definition) is 4. The molecule has 0 aromatic heterocycles. The number of ether oxygens (including phenoxy) is 2. The number of rotatable bonds is 10. The molecule has 4 N–H and O–H groups in total. The van der Waals surface area contributed by atoms with E-state index in [1.54, 1.807) is 24.3 Å². The zero-order valence-corrected chi connectivity index (χ0v) is 18.6. The van der Waals surface area contributed by atoms with Crippen molar-refractivity contribution in [2.45, 2.75) is 62.9 Å². The molecule has 7 nitrogen and oxygen atoms in total. The Morgan fingerprint density at radius 2 is 1.69 bits per heavy atom. The number of phenols is 3. The van der Waals surface area contributed by atoms with Crippen LogP contribution in [0.5, 0.6) is 28.7 Å². The normalized spacial score (nSPS) is 16.0. The number of carbonyl (C=O) groups is 1. The molecule has 1 aliphatic rings. The first-order valence-electron chi connectivity index (χ1n) is 10.9. The number of ketones is 1. The lowest BCUT2D eigenvalue weighted by Gasteiger charge is -2.30. The molecule has 2 aromatic rings. The quantitative estimate of drug-likeness (QED) is 0.410. The van der Waals surface area contributed by atoms with E-state index in [4.69, 9.17) is 9.47 Å². The van der Waals surface area contributed by atoms with Gasteiger partial charge in [0.2, 0.25) is 5.75 Å². The summed E-state index contributed by atoms with van der Waals surface area (Å²) in [7, 11) is 2.90.